The van der Waals surface area contributed by atoms with Crippen LogP contribution in [0, 0.1) is 0 Å². The summed E-state index contributed by atoms with van der Waals surface area (Å²) >= 11 is 0. The zero-order valence-electron chi connectivity index (χ0n) is 20.4. The van der Waals surface area contributed by atoms with Gasteiger partial charge in [0, 0.05) is 5.41 Å². The molecular weight excluding hydrogens is 444 g/mol. The van der Waals surface area contributed by atoms with Crippen LogP contribution in [0.3, 0.4) is 0 Å². The molecule has 3 aromatic rings. The van der Waals surface area contributed by atoms with Gasteiger partial charge in [0.25, 0.3) is 0 Å². The van der Waals surface area contributed by atoms with Crippen molar-refractivity contribution in [3.05, 3.63) is 108 Å². The molecule has 3 N–H and O–H groups in total. The number of hydrogen-bond acceptors (Lipinski definition) is 6. The van der Waals surface area contributed by atoms with E-state index in [9.17, 15) is 15.3 Å². The molecule has 0 saturated heterocycles. The molecule has 0 atom stereocenters. The Balaban J connectivity index is 2.32. The molecule has 0 amide bonds. The van der Waals surface area contributed by atoms with Crippen LogP contribution in [0.25, 0.3) is 0 Å². The number of rotatable bonds is 9. The smallest absolute Gasteiger partial charge is 0.168 e. The molecule has 0 aromatic heterocycles. The summed E-state index contributed by atoms with van der Waals surface area (Å²) in [4.78, 5) is 0. The van der Waals surface area contributed by atoms with Gasteiger partial charge in [-0.1, -0.05) is 37.9 Å². The molecule has 3 rings (SSSR count). The third-order valence-corrected chi connectivity index (χ3v) is 5.46. The highest BCUT2D eigenvalue weighted by Gasteiger charge is 2.34. The Bertz CT molecular complexity index is 1150. The molecule has 6 heteroatoms. The molecule has 0 bridgehead atoms. The zero-order chi connectivity index (χ0) is 25.9. The summed E-state index contributed by atoms with van der Waals surface area (Å²) in [6.07, 6.45) is 0. The second-order valence-electron chi connectivity index (χ2n) is 8.58. The van der Waals surface area contributed by atoms with Gasteiger partial charge in [0.15, 0.2) is 34.5 Å². The summed E-state index contributed by atoms with van der Waals surface area (Å²) < 4.78 is 16.9. The van der Waals surface area contributed by atoms with Crippen molar-refractivity contribution in [2.24, 2.45) is 0 Å². The van der Waals surface area contributed by atoms with Gasteiger partial charge < -0.3 is 29.5 Å². The van der Waals surface area contributed by atoms with Crippen LogP contribution in [-0.2, 0) is 5.41 Å². The van der Waals surface area contributed by atoms with Crippen molar-refractivity contribution in [2.45, 2.75) is 33.1 Å². The number of hydrogen-bond donors (Lipinski definition) is 3. The van der Waals surface area contributed by atoms with Crippen molar-refractivity contribution in [1.29, 1.82) is 0 Å². The summed E-state index contributed by atoms with van der Waals surface area (Å²) in [5.74, 6) is 1.89. The van der Waals surface area contributed by atoms with Crippen LogP contribution in [0.4, 0.5) is 0 Å². The van der Waals surface area contributed by atoms with E-state index in [0.29, 0.717) is 17.3 Å². The first kappa shape index (κ1) is 25.3. The summed E-state index contributed by atoms with van der Waals surface area (Å²) in [7, 11) is 0. The molecule has 0 aliphatic rings. The topological polar surface area (TPSA) is 88.4 Å². The highest BCUT2D eigenvalue weighted by molar-refractivity contribution is 5.59. The van der Waals surface area contributed by atoms with E-state index in [1.807, 2.05) is 6.92 Å². The lowest BCUT2D eigenvalue weighted by Gasteiger charge is -2.33. The molecular formula is C29H30O6. The third kappa shape index (κ3) is 5.44. The number of ether oxygens (including phenoxy) is 3. The number of aromatic hydroxyl groups is 3. The average Bonchev–Trinajstić information content (AvgIpc) is 2.76. The van der Waals surface area contributed by atoms with Gasteiger partial charge >= 0.3 is 0 Å². The number of benzene rings is 3. The Morgan fingerprint density at radius 2 is 0.829 bits per heavy atom. The molecule has 6 nitrogen and oxygen atoms in total. The van der Waals surface area contributed by atoms with Crippen molar-refractivity contribution < 1.29 is 29.5 Å². The van der Waals surface area contributed by atoms with Crippen LogP contribution in [0.5, 0.6) is 34.5 Å². The molecule has 0 unspecified atom stereocenters. The van der Waals surface area contributed by atoms with E-state index in [0.717, 1.165) is 16.7 Å². The first-order chi connectivity index (χ1) is 16.4. The molecule has 0 heterocycles. The maximum atomic E-state index is 10.4. The second kappa shape index (κ2) is 9.89. The molecule has 182 valence electrons. The molecule has 0 aliphatic heterocycles. The van der Waals surface area contributed by atoms with Crippen LogP contribution in [-0.4, -0.2) is 15.3 Å². The molecule has 0 fully saturated rings. The Labute approximate surface area is 205 Å². The predicted octanol–water partition coefficient (Wildman–Crippen LogP) is 6.89. The Kier molecular flexibility index (Phi) is 7.15. The maximum Gasteiger partial charge on any atom is 0.168 e. The Morgan fingerprint density at radius 1 is 0.571 bits per heavy atom. The van der Waals surface area contributed by atoms with Gasteiger partial charge in [0.1, 0.15) is 0 Å². The van der Waals surface area contributed by atoms with Gasteiger partial charge in [0.2, 0.25) is 0 Å². The van der Waals surface area contributed by atoms with E-state index in [1.54, 1.807) is 75.4 Å². The lowest BCUT2D eigenvalue weighted by Crippen LogP contribution is -2.25. The molecule has 3 aromatic carbocycles. The van der Waals surface area contributed by atoms with Gasteiger partial charge in [-0.2, -0.15) is 0 Å². The SMILES string of the molecule is C=C(C)Oc1cc(C(C)(c2ccc(O)c(OC(=C)C)c2)c2ccc(O)c(OC(=C)C)c2)ccc1O. The minimum atomic E-state index is -0.872. The van der Waals surface area contributed by atoms with Crippen molar-refractivity contribution in [1.82, 2.24) is 0 Å². The van der Waals surface area contributed by atoms with E-state index < -0.39 is 5.41 Å². The number of phenols is 3. The molecule has 0 radical (unpaired) electrons. The monoisotopic (exact) mass is 474 g/mol. The van der Waals surface area contributed by atoms with Crippen molar-refractivity contribution >= 4 is 0 Å². The van der Waals surface area contributed by atoms with E-state index in [2.05, 4.69) is 19.7 Å². The van der Waals surface area contributed by atoms with Gasteiger partial charge in [0.05, 0.1) is 17.3 Å². The Morgan fingerprint density at radius 3 is 1.06 bits per heavy atom. The average molecular weight is 475 g/mol. The van der Waals surface area contributed by atoms with Crippen molar-refractivity contribution in [3.8, 4) is 34.5 Å². The normalized spacial score (nSPS) is 11.0. The fraction of sp³-hybridized carbons (Fsp3) is 0.172. The molecule has 35 heavy (non-hydrogen) atoms. The van der Waals surface area contributed by atoms with E-state index >= 15 is 0 Å². The summed E-state index contributed by atoms with van der Waals surface area (Å²) in [5.41, 5.74) is 1.39. The van der Waals surface area contributed by atoms with Crippen LogP contribution in [0.2, 0.25) is 0 Å². The zero-order valence-corrected chi connectivity index (χ0v) is 20.4. The van der Waals surface area contributed by atoms with Crippen molar-refractivity contribution in [2.75, 3.05) is 0 Å². The van der Waals surface area contributed by atoms with Crippen LogP contribution in [0.15, 0.2) is 91.6 Å². The molecule has 0 aliphatic carbocycles. The second-order valence-corrected chi connectivity index (χ2v) is 8.58. The minimum absolute atomic E-state index is 0.0341. The lowest BCUT2D eigenvalue weighted by molar-refractivity contribution is 0.380. The van der Waals surface area contributed by atoms with Crippen LogP contribution >= 0.6 is 0 Å². The first-order valence-electron chi connectivity index (χ1n) is 10.9. The van der Waals surface area contributed by atoms with Gasteiger partial charge in [-0.15, -0.1) is 0 Å². The summed E-state index contributed by atoms with van der Waals surface area (Å²) in [6.45, 7) is 18.3. The summed E-state index contributed by atoms with van der Waals surface area (Å²) in [5, 5.41) is 31.1. The Hall–Kier alpha value is -4.32. The fourth-order valence-corrected chi connectivity index (χ4v) is 3.78. The maximum absolute atomic E-state index is 10.4. The van der Waals surface area contributed by atoms with Gasteiger partial charge in [-0.05, 0) is 80.8 Å². The van der Waals surface area contributed by atoms with Crippen molar-refractivity contribution in [3.63, 3.8) is 0 Å². The van der Waals surface area contributed by atoms with Crippen LogP contribution in [0.1, 0.15) is 44.4 Å². The largest absolute Gasteiger partial charge is 0.504 e. The standard InChI is InChI=1S/C29H30O6/c1-17(2)33-26-14-20(8-11-23(26)30)29(7,21-9-12-24(31)27(15-21)34-18(3)4)22-10-13-25(32)28(16-22)35-19(5)6/h8-16,30-32H,1,3,5H2,2,4,6-7H3. The van der Waals surface area contributed by atoms with Gasteiger partial charge in [-0.25, -0.2) is 0 Å². The van der Waals surface area contributed by atoms with E-state index in [1.165, 1.54) is 0 Å². The first-order valence-corrected chi connectivity index (χ1v) is 10.9. The predicted molar refractivity (Wildman–Crippen MR) is 136 cm³/mol. The number of phenolic OH excluding ortho intramolecular Hbond substituents is 3. The van der Waals surface area contributed by atoms with Gasteiger partial charge in [-0.3, -0.25) is 0 Å². The van der Waals surface area contributed by atoms with E-state index in [-0.39, 0.29) is 34.5 Å². The van der Waals surface area contributed by atoms with E-state index in [4.69, 9.17) is 14.2 Å². The highest BCUT2D eigenvalue weighted by atomic mass is 16.5. The van der Waals surface area contributed by atoms with Crippen LogP contribution < -0.4 is 14.2 Å². The lowest BCUT2D eigenvalue weighted by atomic mass is 9.71. The fourth-order valence-electron chi connectivity index (χ4n) is 3.78. The quantitative estimate of drug-likeness (QED) is 0.231. The number of allylic oxidation sites excluding steroid dienone is 3. The minimum Gasteiger partial charge on any atom is -0.504 e. The third-order valence-electron chi connectivity index (χ3n) is 5.46. The molecule has 0 spiro atoms. The summed E-state index contributed by atoms with van der Waals surface area (Å²) in [6, 6.07) is 15.1. The molecule has 0 saturated carbocycles. The highest BCUT2D eigenvalue weighted by Crippen LogP contribution is 2.46.